The van der Waals surface area contributed by atoms with Crippen LogP contribution >= 0.6 is 35.0 Å². The summed E-state index contributed by atoms with van der Waals surface area (Å²) in [6.07, 6.45) is 3.26. The first-order valence-corrected chi connectivity index (χ1v) is 8.26. The van der Waals surface area contributed by atoms with Crippen molar-refractivity contribution in [3.8, 4) is 0 Å². The Morgan fingerprint density at radius 1 is 1.35 bits per heavy atom. The van der Waals surface area contributed by atoms with Crippen molar-refractivity contribution in [3.05, 3.63) is 45.5 Å². The molecular weight excluding hydrogens is 317 g/mol. The second-order valence-corrected chi connectivity index (χ2v) is 6.11. The number of benzene rings is 1. The molecule has 1 aromatic heterocycles. The lowest BCUT2D eigenvalue weighted by molar-refractivity contribution is 0.349. The Morgan fingerprint density at radius 3 is 2.70 bits per heavy atom. The molecule has 0 bridgehead atoms. The molecule has 0 fully saturated rings. The maximum absolute atomic E-state index is 6.12. The fourth-order valence-corrected chi connectivity index (χ4v) is 2.74. The van der Waals surface area contributed by atoms with Crippen molar-refractivity contribution in [3.63, 3.8) is 0 Å². The van der Waals surface area contributed by atoms with E-state index in [9.17, 15) is 0 Å². The average molecular weight is 332 g/mol. The van der Waals surface area contributed by atoms with Crippen LogP contribution in [0, 0.1) is 0 Å². The van der Waals surface area contributed by atoms with Crippen LogP contribution in [0.5, 0.6) is 0 Å². The Bertz CT molecular complexity index is 556. The van der Waals surface area contributed by atoms with Gasteiger partial charge in [-0.3, -0.25) is 0 Å². The van der Waals surface area contributed by atoms with E-state index in [-0.39, 0.29) is 6.04 Å². The lowest BCUT2D eigenvalue weighted by Gasteiger charge is -2.04. The van der Waals surface area contributed by atoms with Crippen molar-refractivity contribution in [2.45, 2.75) is 18.9 Å². The zero-order chi connectivity index (χ0) is 14.5. The lowest BCUT2D eigenvalue weighted by atomic mass is 10.1. The first-order valence-electron chi connectivity index (χ1n) is 6.11. The summed E-state index contributed by atoms with van der Waals surface area (Å²) in [4.78, 5) is 4.31. The smallest absolute Gasteiger partial charge is 0.243 e. The van der Waals surface area contributed by atoms with Crippen LogP contribution in [0.15, 0.2) is 22.7 Å². The van der Waals surface area contributed by atoms with E-state index >= 15 is 0 Å². The van der Waals surface area contributed by atoms with Gasteiger partial charge in [-0.2, -0.15) is 16.7 Å². The summed E-state index contributed by atoms with van der Waals surface area (Å²) < 4.78 is 5.19. The molecule has 1 atom stereocenters. The highest BCUT2D eigenvalue weighted by Crippen LogP contribution is 2.26. The van der Waals surface area contributed by atoms with E-state index in [0.29, 0.717) is 28.2 Å². The molecule has 0 spiro atoms. The van der Waals surface area contributed by atoms with Crippen molar-refractivity contribution in [1.82, 2.24) is 10.1 Å². The van der Waals surface area contributed by atoms with Crippen molar-refractivity contribution in [1.29, 1.82) is 0 Å². The van der Waals surface area contributed by atoms with E-state index in [2.05, 4.69) is 10.1 Å². The first kappa shape index (κ1) is 15.6. The standard InChI is InChI=1S/C13H15Cl2N3OS/c1-20-6-5-11(16)13-17-12(18-19-13)7-8-9(14)3-2-4-10(8)15/h2-4,11H,5-7,16H2,1H3/t11-/m0/s1. The molecule has 2 aromatic rings. The Labute approximate surface area is 132 Å². The fourth-order valence-electron chi connectivity index (χ4n) is 1.72. The van der Waals surface area contributed by atoms with Gasteiger partial charge in [0.1, 0.15) is 0 Å². The zero-order valence-electron chi connectivity index (χ0n) is 11.0. The van der Waals surface area contributed by atoms with Gasteiger partial charge in [-0.1, -0.05) is 34.4 Å². The summed E-state index contributed by atoms with van der Waals surface area (Å²) in [6.45, 7) is 0. The van der Waals surface area contributed by atoms with Crippen LogP contribution in [0.3, 0.4) is 0 Å². The van der Waals surface area contributed by atoms with Crippen molar-refractivity contribution in [2.24, 2.45) is 5.73 Å². The minimum absolute atomic E-state index is 0.231. The summed E-state index contributed by atoms with van der Waals surface area (Å²) in [7, 11) is 0. The van der Waals surface area contributed by atoms with Gasteiger partial charge in [0.05, 0.1) is 6.04 Å². The monoisotopic (exact) mass is 331 g/mol. The predicted molar refractivity (Wildman–Crippen MR) is 83.5 cm³/mol. The van der Waals surface area contributed by atoms with E-state index in [0.717, 1.165) is 17.7 Å². The van der Waals surface area contributed by atoms with Gasteiger partial charge in [0.15, 0.2) is 5.82 Å². The number of aromatic nitrogens is 2. The van der Waals surface area contributed by atoms with Gasteiger partial charge in [-0.25, -0.2) is 0 Å². The molecule has 0 aliphatic carbocycles. The number of rotatable bonds is 6. The molecule has 0 saturated carbocycles. The van der Waals surface area contributed by atoms with Crippen LogP contribution in [0.1, 0.15) is 29.7 Å². The minimum atomic E-state index is -0.231. The van der Waals surface area contributed by atoms with E-state index in [1.165, 1.54) is 0 Å². The fraction of sp³-hybridized carbons (Fsp3) is 0.385. The molecule has 1 aromatic carbocycles. The van der Waals surface area contributed by atoms with Gasteiger partial charge < -0.3 is 10.3 Å². The third kappa shape index (κ3) is 3.88. The Hall–Kier alpha value is -0.750. The van der Waals surface area contributed by atoms with E-state index in [4.69, 9.17) is 33.5 Å². The molecule has 0 aliphatic heterocycles. The lowest BCUT2D eigenvalue weighted by Crippen LogP contribution is -2.11. The molecule has 1 heterocycles. The maximum atomic E-state index is 6.12. The Morgan fingerprint density at radius 2 is 2.05 bits per heavy atom. The number of halogens is 2. The molecule has 0 radical (unpaired) electrons. The summed E-state index contributed by atoms with van der Waals surface area (Å²) in [5.41, 5.74) is 6.78. The summed E-state index contributed by atoms with van der Waals surface area (Å²) in [6, 6.07) is 5.14. The summed E-state index contributed by atoms with van der Waals surface area (Å²) in [5.74, 6) is 1.95. The predicted octanol–water partition coefficient (Wildman–Crippen LogP) is 3.72. The van der Waals surface area contributed by atoms with Crippen LogP contribution in [-0.4, -0.2) is 22.1 Å². The van der Waals surface area contributed by atoms with Crippen LogP contribution in [0.25, 0.3) is 0 Å². The number of hydrogen-bond acceptors (Lipinski definition) is 5. The second-order valence-electron chi connectivity index (χ2n) is 4.31. The van der Waals surface area contributed by atoms with Crippen LogP contribution in [0.2, 0.25) is 10.0 Å². The number of thioether (sulfide) groups is 1. The Balaban J connectivity index is 2.10. The third-order valence-corrected chi connectivity index (χ3v) is 4.18. The molecule has 0 unspecified atom stereocenters. The van der Waals surface area contributed by atoms with Crippen LogP contribution in [0.4, 0.5) is 0 Å². The molecular formula is C13H15Cl2N3OS. The van der Waals surface area contributed by atoms with Crippen LogP contribution < -0.4 is 5.73 Å². The largest absolute Gasteiger partial charge is 0.338 e. The molecule has 2 rings (SSSR count). The van der Waals surface area contributed by atoms with E-state index in [1.807, 2.05) is 6.26 Å². The molecule has 20 heavy (non-hydrogen) atoms. The van der Waals surface area contributed by atoms with Gasteiger partial charge in [0.25, 0.3) is 0 Å². The summed E-state index contributed by atoms with van der Waals surface area (Å²) in [5, 5.41) is 5.12. The van der Waals surface area contributed by atoms with Gasteiger partial charge in [0.2, 0.25) is 5.89 Å². The normalized spacial score (nSPS) is 12.6. The molecule has 108 valence electrons. The highest BCUT2D eigenvalue weighted by atomic mass is 35.5. The van der Waals surface area contributed by atoms with Gasteiger partial charge in [-0.15, -0.1) is 0 Å². The van der Waals surface area contributed by atoms with Gasteiger partial charge >= 0.3 is 0 Å². The Kier molecular flexibility index (Phi) is 5.72. The molecule has 7 heteroatoms. The number of nitrogens with zero attached hydrogens (tertiary/aromatic N) is 2. The molecule has 4 nitrogen and oxygen atoms in total. The topological polar surface area (TPSA) is 64.9 Å². The highest BCUT2D eigenvalue weighted by molar-refractivity contribution is 7.98. The van der Waals surface area contributed by atoms with Gasteiger partial charge in [0, 0.05) is 16.5 Å². The molecule has 0 saturated heterocycles. The average Bonchev–Trinajstić information content (AvgIpc) is 2.89. The minimum Gasteiger partial charge on any atom is -0.338 e. The number of hydrogen-bond donors (Lipinski definition) is 1. The maximum Gasteiger partial charge on any atom is 0.243 e. The van der Waals surface area contributed by atoms with Crippen molar-refractivity contribution in [2.75, 3.05) is 12.0 Å². The quantitative estimate of drug-likeness (QED) is 0.873. The third-order valence-electron chi connectivity index (χ3n) is 2.83. The summed E-state index contributed by atoms with van der Waals surface area (Å²) >= 11 is 14.0. The van der Waals surface area contributed by atoms with Crippen molar-refractivity contribution >= 4 is 35.0 Å². The van der Waals surface area contributed by atoms with Crippen LogP contribution in [-0.2, 0) is 6.42 Å². The molecule has 2 N–H and O–H groups in total. The van der Waals surface area contributed by atoms with Crippen molar-refractivity contribution < 1.29 is 4.52 Å². The van der Waals surface area contributed by atoms with Gasteiger partial charge in [-0.05, 0) is 36.1 Å². The van der Waals surface area contributed by atoms with E-state index < -0.39 is 0 Å². The SMILES string of the molecule is CSCC[C@H](N)c1nc(Cc2c(Cl)cccc2Cl)no1. The highest BCUT2D eigenvalue weighted by Gasteiger charge is 2.16. The first-order chi connectivity index (χ1) is 9.61. The molecule has 0 aliphatic rings. The molecule has 0 amide bonds. The van der Waals surface area contributed by atoms with E-state index in [1.54, 1.807) is 30.0 Å². The second kappa shape index (κ2) is 7.31. The number of nitrogens with two attached hydrogens (primary N) is 1. The zero-order valence-corrected chi connectivity index (χ0v) is 13.3.